The van der Waals surface area contributed by atoms with Gasteiger partial charge in [0, 0.05) is 23.3 Å². The lowest BCUT2D eigenvalue weighted by Crippen LogP contribution is -2.13. The van der Waals surface area contributed by atoms with Crippen LogP contribution in [0.3, 0.4) is 0 Å². The van der Waals surface area contributed by atoms with Gasteiger partial charge in [0.15, 0.2) is 0 Å². The number of aromatic nitrogens is 1. The summed E-state index contributed by atoms with van der Waals surface area (Å²) in [6.45, 7) is 0.0961. The summed E-state index contributed by atoms with van der Waals surface area (Å²) in [7, 11) is 0. The standard InChI is InChI=1S/C8H11BrN2O/c9-6-1-2-8(11-5-6)7(10)3-4-12/h1-2,5,7,12H,3-4,10H2/t7-/m1/s1. The molecule has 4 heteroatoms. The molecule has 12 heavy (non-hydrogen) atoms. The van der Waals surface area contributed by atoms with Gasteiger partial charge in [0.1, 0.15) is 0 Å². The Bertz CT molecular complexity index is 237. The maximum Gasteiger partial charge on any atom is 0.0572 e. The predicted molar refractivity (Wildman–Crippen MR) is 50.6 cm³/mol. The van der Waals surface area contributed by atoms with Crippen LogP contribution in [0.1, 0.15) is 18.2 Å². The highest BCUT2D eigenvalue weighted by atomic mass is 79.9. The Kier molecular flexibility index (Phi) is 3.65. The monoisotopic (exact) mass is 230 g/mol. The number of pyridine rings is 1. The molecule has 66 valence electrons. The normalized spacial score (nSPS) is 12.9. The molecule has 0 saturated heterocycles. The van der Waals surface area contributed by atoms with E-state index in [4.69, 9.17) is 10.8 Å². The summed E-state index contributed by atoms with van der Waals surface area (Å²) in [5.74, 6) is 0. The molecule has 0 aliphatic rings. The molecule has 0 radical (unpaired) electrons. The first-order valence-corrected chi connectivity index (χ1v) is 4.51. The van der Waals surface area contributed by atoms with Gasteiger partial charge in [-0.2, -0.15) is 0 Å². The SMILES string of the molecule is N[C@H](CCO)c1ccc(Br)cn1. The lowest BCUT2D eigenvalue weighted by Gasteiger charge is -2.08. The van der Waals surface area contributed by atoms with Crippen molar-refractivity contribution in [3.8, 4) is 0 Å². The summed E-state index contributed by atoms with van der Waals surface area (Å²) < 4.78 is 0.933. The summed E-state index contributed by atoms with van der Waals surface area (Å²) in [5, 5.41) is 8.64. The van der Waals surface area contributed by atoms with E-state index in [9.17, 15) is 0 Å². The van der Waals surface area contributed by atoms with Gasteiger partial charge in [0.2, 0.25) is 0 Å². The highest BCUT2D eigenvalue weighted by molar-refractivity contribution is 9.10. The number of hydrogen-bond acceptors (Lipinski definition) is 3. The van der Waals surface area contributed by atoms with Gasteiger partial charge in [-0.3, -0.25) is 4.98 Å². The Labute approximate surface area is 79.7 Å². The van der Waals surface area contributed by atoms with E-state index in [0.29, 0.717) is 6.42 Å². The lowest BCUT2D eigenvalue weighted by molar-refractivity contribution is 0.275. The molecule has 3 N–H and O–H groups in total. The fourth-order valence-electron chi connectivity index (χ4n) is 0.894. The molecule has 1 aromatic heterocycles. The summed E-state index contributed by atoms with van der Waals surface area (Å²) in [6, 6.07) is 3.58. The van der Waals surface area contributed by atoms with Crippen LogP contribution in [0.2, 0.25) is 0 Å². The first-order chi connectivity index (χ1) is 5.74. The van der Waals surface area contributed by atoms with Crippen LogP contribution in [0.25, 0.3) is 0 Å². The molecule has 0 unspecified atom stereocenters. The number of hydrogen-bond donors (Lipinski definition) is 2. The van der Waals surface area contributed by atoms with Gasteiger partial charge in [0.05, 0.1) is 5.69 Å². The second-order valence-electron chi connectivity index (χ2n) is 2.52. The van der Waals surface area contributed by atoms with Crippen molar-refractivity contribution in [3.05, 3.63) is 28.5 Å². The van der Waals surface area contributed by atoms with Crippen LogP contribution < -0.4 is 5.73 Å². The number of halogens is 1. The van der Waals surface area contributed by atoms with Crippen LogP contribution in [0, 0.1) is 0 Å². The Morgan fingerprint density at radius 3 is 2.83 bits per heavy atom. The highest BCUT2D eigenvalue weighted by Gasteiger charge is 2.05. The third kappa shape index (κ3) is 2.55. The Morgan fingerprint density at radius 2 is 2.33 bits per heavy atom. The topological polar surface area (TPSA) is 59.1 Å². The van der Waals surface area contributed by atoms with Crippen LogP contribution in [0.15, 0.2) is 22.8 Å². The van der Waals surface area contributed by atoms with Crippen molar-refractivity contribution in [2.45, 2.75) is 12.5 Å². The van der Waals surface area contributed by atoms with Gasteiger partial charge in [0.25, 0.3) is 0 Å². The number of aliphatic hydroxyl groups excluding tert-OH is 1. The van der Waals surface area contributed by atoms with Crippen molar-refractivity contribution < 1.29 is 5.11 Å². The summed E-state index contributed by atoms with van der Waals surface area (Å²) in [6.07, 6.45) is 2.25. The summed E-state index contributed by atoms with van der Waals surface area (Å²) >= 11 is 3.28. The molecule has 3 nitrogen and oxygen atoms in total. The zero-order valence-electron chi connectivity index (χ0n) is 6.57. The van der Waals surface area contributed by atoms with E-state index in [-0.39, 0.29) is 12.6 Å². The van der Waals surface area contributed by atoms with E-state index in [2.05, 4.69) is 20.9 Å². The molecule has 0 fully saturated rings. The molecule has 0 aliphatic heterocycles. The zero-order valence-corrected chi connectivity index (χ0v) is 8.16. The van der Waals surface area contributed by atoms with E-state index in [1.54, 1.807) is 6.20 Å². The van der Waals surface area contributed by atoms with Crippen LogP contribution >= 0.6 is 15.9 Å². The molecule has 0 aromatic carbocycles. The Balaban J connectivity index is 2.68. The van der Waals surface area contributed by atoms with E-state index in [0.717, 1.165) is 10.2 Å². The maximum atomic E-state index is 8.64. The minimum absolute atomic E-state index is 0.0961. The molecule has 1 rings (SSSR count). The molecule has 0 saturated carbocycles. The van der Waals surface area contributed by atoms with Crippen molar-refractivity contribution >= 4 is 15.9 Å². The van der Waals surface area contributed by atoms with Gasteiger partial charge >= 0.3 is 0 Å². The van der Waals surface area contributed by atoms with E-state index < -0.39 is 0 Å². The molecular weight excluding hydrogens is 220 g/mol. The van der Waals surface area contributed by atoms with Gasteiger partial charge in [-0.05, 0) is 34.5 Å². The van der Waals surface area contributed by atoms with Gasteiger partial charge in [-0.25, -0.2) is 0 Å². The van der Waals surface area contributed by atoms with Gasteiger partial charge in [-0.15, -0.1) is 0 Å². The molecule has 1 heterocycles. The molecule has 0 bridgehead atoms. The number of nitrogens with zero attached hydrogens (tertiary/aromatic N) is 1. The van der Waals surface area contributed by atoms with E-state index in [1.807, 2.05) is 12.1 Å². The molecule has 1 aromatic rings. The average molecular weight is 231 g/mol. The first-order valence-electron chi connectivity index (χ1n) is 3.72. The van der Waals surface area contributed by atoms with Crippen LogP contribution in [0.4, 0.5) is 0 Å². The quantitative estimate of drug-likeness (QED) is 0.822. The van der Waals surface area contributed by atoms with Crippen molar-refractivity contribution in [3.63, 3.8) is 0 Å². The number of aliphatic hydroxyl groups is 1. The predicted octanol–water partition coefficient (Wildman–Crippen LogP) is 1.23. The van der Waals surface area contributed by atoms with Crippen molar-refractivity contribution in [1.82, 2.24) is 4.98 Å². The fraction of sp³-hybridized carbons (Fsp3) is 0.375. The molecule has 0 aliphatic carbocycles. The highest BCUT2D eigenvalue weighted by Crippen LogP contribution is 2.13. The molecule has 0 amide bonds. The van der Waals surface area contributed by atoms with E-state index >= 15 is 0 Å². The second kappa shape index (κ2) is 4.54. The van der Waals surface area contributed by atoms with Gasteiger partial charge in [-0.1, -0.05) is 0 Å². The van der Waals surface area contributed by atoms with Gasteiger partial charge < -0.3 is 10.8 Å². The third-order valence-electron chi connectivity index (χ3n) is 1.57. The van der Waals surface area contributed by atoms with Crippen molar-refractivity contribution in [1.29, 1.82) is 0 Å². The zero-order chi connectivity index (χ0) is 8.97. The first kappa shape index (κ1) is 9.64. The largest absolute Gasteiger partial charge is 0.396 e. The average Bonchev–Trinajstić information content (AvgIpc) is 2.06. The minimum Gasteiger partial charge on any atom is -0.396 e. The molecule has 0 spiro atoms. The van der Waals surface area contributed by atoms with Crippen LogP contribution in [-0.4, -0.2) is 16.7 Å². The Hall–Kier alpha value is -0.450. The Morgan fingerprint density at radius 1 is 1.58 bits per heavy atom. The number of nitrogens with two attached hydrogens (primary N) is 1. The molecular formula is C8H11BrN2O. The molecule has 1 atom stereocenters. The van der Waals surface area contributed by atoms with Crippen LogP contribution in [0.5, 0.6) is 0 Å². The maximum absolute atomic E-state index is 8.64. The number of rotatable bonds is 3. The summed E-state index contributed by atoms with van der Waals surface area (Å²) in [5.41, 5.74) is 6.53. The van der Waals surface area contributed by atoms with Crippen molar-refractivity contribution in [2.24, 2.45) is 5.73 Å². The summed E-state index contributed by atoms with van der Waals surface area (Å²) in [4.78, 5) is 4.11. The minimum atomic E-state index is -0.164. The second-order valence-corrected chi connectivity index (χ2v) is 3.44. The van der Waals surface area contributed by atoms with Crippen molar-refractivity contribution in [2.75, 3.05) is 6.61 Å². The lowest BCUT2D eigenvalue weighted by atomic mass is 10.1. The van der Waals surface area contributed by atoms with Crippen LogP contribution in [-0.2, 0) is 0 Å². The fourth-order valence-corrected chi connectivity index (χ4v) is 1.13. The smallest absolute Gasteiger partial charge is 0.0572 e. The third-order valence-corrected chi connectivity index (χ3v) is 2.04. The van der Waals surface area contributed by atoms with E-state index in [1.165, 1.54) is 0 Å².